The van der Waals surface area contributed by atoms with Crippen LogP contribution < -0.4 is 16.2 Å². The molecule has 0 bridgehead atoms. The Morgan fingerprint density at radius 2 is 1.65 bits per heavy atom. The van der Waals surface area contributed by atoms with Gasteiger partial charge in [0.25, 0.3) is 11.8 Å². The Hall–Kier alpha value is -4.48. The molecule has 176 valence electrons. The first-order valence-electron chi connectivity index (χ1n) is 9.55. The fourth-order valence-electron chi connectivity index (χ4n) is 2.66. The van der Waals surface area contributed by atoms with Crippen molar-refractivity contribution >= 4 is 29.3 Å². The predicted octanol–water partition coefficient (Wildman–Crippen LogP) is 3.60. The van der Waals surface area contributed by atoms with Crippen LogP contribution in [0.5, 0.6) is 0 Å². The van der Waals surface area contributed by atoms with E-state index in [2.05, 4.69) is 10.3 Å². The van der Waals surface area contributed by atoms with Gasteiger partial charge in [0.1, 0.15) is 17.2 Å². The summed E-state index contributed by atoms with van der Waals surface area (Å²) in [7, 11) is 0. The molecule has 3 rings (SSSR count). The van der Waals surface area contributed by atoms with Gasteiger partial charge in [-0.15, -0.1) is 0 Å². The molecule has 8 nitrogen and oxygen atoms in total. The zero-order chi connectivity index (χ0) is 24.7. The van der Waals surface area contributed by atoms with Gasteiger partial charge in [-0.25, -0.2) is 14.2 Å². The van der Waals surface area contributed by atoms with Crippen LogP contribution >= 0.6 is 0 Å². The number of hydrazine groups is 1. The molecule has 1 heterocycles. The lowest BCUT2D eigenvalue weighted by Crippen LogP contribution is -2.43. The van der Waals surface area contributed by atoms with Crippen molar-refractivity contribution in [2.75, 3.05) is 11.9 Å². The number of aromatic nitrogens is 1. The molecular formula is C22H16F4N4O4. The summed E-state index contributed by atoms with van der Waals surface area (Å²) in [6, 6.07) is 12.1. The number of carbonyl (C=O) groups is 3. The van der Waals surface area contributed by atoms with Crippen molar-refractivity contribution in [2.24, 2.45) is 0 Å². The van der Waals surface area contributed by atoms with E-state index in [0.29, 0.717) is 0 Å². The summed E-state index contributed by atoms with van der Waals surface area (Å²) < 4.78 is 57.2. The third-order valence-electron chi connectivity index (χ3n) is 4.25. The van der Waals surface area contributed by atoms with Crippen molar-refractivity contribution < 1.29 is 36.7 Å². The average molecular weight is 476 g/mol. The van der Waals surface area contributed by atoms with Crippen molar-refractivity contribution in [1.29, 1.82) is 0 Å². The zero-order valence-corrected chi connectivity index (χ0v) is 17.2. The van der Waals surface area contributed by atoms with Crippen molar-refractivity contribution in [3.63, 3.8) is 0 Å². The first kappa shape index (κ1) is 24.2. The summed E-state index contributed by atoms with van der Waals surface area (Å²) in [6.07, 6.45) is -3.25. The number of halogens is 4. The van der Waals surface area contributed by atoms with E-state index in [-0.39, 0.29) is 22.6 Å². The molecule has 2 aromatic carbocycles. The van der Waals surface area contributed by atoms with E-state index in [1.54, 1.807) is 0 Å². The number of pyridine rings is 1. The van der Waals surface area contributed by atoms with Crippen molar-refractivity contribution in [3.8, 4) is 0 Å². The molecule has 0 saturated heterocycles. The fourth-order valence-corrected chi connectivity index (χ4v) is 2.66. The molecule has 0 aliphatic heterocycles. The van der Waals surface area contributed by atoms with Crippen LogP contribution in [0, 0.1) is 5.82 Å². The van der Waals surface area contributed by atoms with Gasteiger partial charge in [0.15, 0.2) is 6.61 Å². The number of hydrogen-bond donors (Lipinski definition) is 3. The quantitative estimate of drug-likeness (QED) is 0.285. The number of hydrogen-bond acceptors (Lipinski definition) is 6. The lowest BCUT2D eigenvalue weighted by atomic mass is 10.2. The van der Waals surface area contributed by atoms with Gasteiger partial charge < -0.3 is 10.1 Å². The van der Waals surface area contributed by atoms with Crippen LogP contribution in [0.15, 0.2) is 66.9 Å². The lowest BCUT2D eigenvalue weighted by molar-refractivity contribution is -0.137. The summed E-state index contributed by atoms with van der Waals surface area (Å²) in [5.74, 6) is -3.73. The summed E-state index contributed by atoms with van der Waals surface area (Å²) in [6.45, 7) is -0.811. The molecule has 1 aromatic heterocycles. The highest BCUT2D eigenvalue weighted by Gasteiger charge is 2.30. The number of rotatable bonds is 6. The highest BCUT2D eigenvalue weighted by Crippen LogP contribution is 2.31. The number of nitrogens with one attached hydrogen (secondary N) is 3. The normalized spacial score (nSPS) is 10.8. The fraction of sp³-hybridized carbons (Fsp3) is 0.0909. The SMILES string of the molecule is O=C(COC(=O)c1cccnc1Nc1cccc(C(F)(F)F)c1)NNC(=O)c1ccccc1F. The number of nitrogens with zero attached hydrogens (tertiary/aromatic N) is 1. The van der Waals surface area contributed by atoms with Gasteiger partial charge in [0.05, 0.1) is 11.1 Å². The number of esters is 1. The molecule has 3 N–H and O–H groups in total. The second-order valence-electron chi connectivity index (χ2n) is 6.66. The molecule has 34 heavy (non-hydrogen) atoms. The molecule has 3 aromatic rings. The Kier molecular flexibility index (Phi) is 7.41. The van der Waals surface area contributed by atoms with Crippen LogP contribution in [-0.4, -0.2) is 29.4 Å². The molecule has 0 fully saturated rings. The second-order valence-corrected chi connectivity index (χ2v) is 6.66. The van der Waals surface area contributed by atoms with Gasteiger partial charge in [0, 0.05) is 11.9 Å². The van der Waals surface area contributed by atoms with E-state index in [4.69, 9.17) is 4.74 Å². The summed E-state index contributed by atoms with van der Waals surface area (Å²) >= 11 is 0. The first-order valence-corrected chi connectivity index (χ1v) is 9.55. The van der Waals surface area contributed by atoms with Gasteiger partial charge in [-0.05, 0) is 42.5 Å². The average Bonchev–Trinajstić information content (AvgIpc) is 2.81. The van der Waals surface area contributed by atoms with Gasteiger partial charge >= 0.3 is 12.1 Å². The number of amides is 2. The molecule has 0 aliphatic rings. The zero-order valence-electron chi connectivity index (χ0n) is 17.2. The molecule has 0 unspecified atom stereocenters. The summed E-state index contributed by atoms with van der Waals surface area (Å²) in [4.78, 5) is 40.1. The summed E-state index contributed by atoms with van der Waals surface area (Å²) in [5, 5.41) is 2.61. The molecule has 2 amide bonds. The number of benzene rings is 2. The maximum Gasteiger partial charge on any atom is 0.416 e. The minimum Gasteiger partial charge on any atom is -0.452 e. The minimum absolute atomic E-state index is 0.0242. The Bertz CT molecular complexity index is 1220. The van der Waals surface area contributed by atoms with E-state index in [1.807, 2.05) is 10.9 Å². The molecule has 0 atom stereocenters. The molecular weight excluding hydrogens is 460 g/mol. The Labute approximate surface area is 189 Å². The predicted molar refractivity (Wildman–Crippen MR) is 111 cm³/mol. The molecule has 0 radical (unpaired) electrons. The third-order valence-corrected chi connectivity index (χ3v) is 4.25. The highest BCUT2D eigenvalue weighted by molar-refractivity contribution is 5.97. The molecule has 0 spiro atoms. The number of anilines is 2. The monoisotopic (exact) mass is 476 g/mol. The van der Waals surface area contributed by atoms with Crippen molar-refractivity contribution in [2.45, 2.75) is 6.18 Å². The van der Waals surface area contributed by atoms with E-state index in [9.17, 15) is 31.9 Å². The Morgan fingerprint density at radius 3 is 2.38 bits per heavy atom. The Morgan fingerprint density at radius 1 is 0.912 bits per heavy atom. The van der Waals surface area contributed by atoms with E-state index >= 15 is 0 Å². The number of ether oxygens (including phenoxy) is 1. The van der Waals surface area contributed by atoms with Gasteiger partial charge in [-0.3, -0.25) is 20.4 Å². The van der Waals surface area contributed by atoms with Gasteiger partial charge in [-0.1, -0.05) is 18.2 Å². The maximum atomic E-state index is 13.6. The maximum absolute atomic E-state index is 13.6. The standard InChI is InChI=1S/C22H16F4N4O4/c23-17-9-2-1-7-15(17)20(32)30-29-18(31)12-34-21(33)16-8-4-10-27-19(16)28-14-6-3-5-13(11-14)22(24,25)26/h1-11H,12H2,(H,27,28)(H,29,31)(H,30,32). The van der Waals surface area contributed by atoms with Crippen LogP contribution in [0.3, 0.4) is 0 Å². The largest absolute Gasteiger partial charge is 0.452 e. The number of alkyl halides is 3. The van der Waals surface area contributed by atoms with Gasteiger partial charge in [-0.2, -0.15) is 13.2 Å². The topological polar surface area (TPSA) is 109 Å². The smallest absolute Gasteiger partial charge is 0.416 e. The van der Waals surface area contributed by atoms with Gasteiger partial charge in [0.2, 0.25) is 0 Å². The molecule has 0 aliphatic carbocycles. The van der Waals surface area contributed by atoms with Crippen molar-refractivity contribution in [3.05, 3.63) is 89.4 Å². The van der Waals surface area contributed by atoms with Crippen LogP contribution in [0.25, 0.3) is 0 Å². The van der Waals surface area contributed by atoms with E-state index < -0.39 is 41.9 Å². The molecule has 0 saturated carbocycles. The third kappa shape index (κ3) is 6.28. The van der Waals surface area contributed by atoms with Crippen LogP contribution in [0.2, 0.25) is 0 Å². The Balaban J connectivity index is 1.59. The minimum atomic E-state index is -4.56. The summed E-state index contributed by atoms with van der Waals surface area (Å²) in [5.41, 5.74) is 2.62. The second kappa shape index (κ2) is 10.4. The van der Waals surface area contributed by atoms with E-state index in [1.165, 1.54) is 48.7 Å². The van der Waals surface area contributed by atoms with E-state index in [0.717, 1.165) is 18.2 Å². The number of carbonyl (C=O) groups excluding carboxylic acids is 3. The van der Waals surface area contributed by atoms with Crippen LogP contribution in [-0.2, 0) is 15.7 Å². The molecule has 12 heteroatoms. The van der Waals surface area contributed by atoms with Crippen LogP contribution in [0.1, 0.15) is 26.3 Å². The first-order chi connectivity index (χ1) is 16.1. The van der Waals surface area contributed by atoms with Crippen LogP contribution in [0.4, 0.5) is 29.1 Å². The van der Waals surface area contributed by atoms with Crippen molar-refractivity contribution in [1.82, 2.24) is 15.8 Å². The lowest BCUT2D eigenvalue weighted by Gasteiger charge is -2.13. The highest BCUT2D eigenvalue weighted by atomic mass is 19.4.